The summed E-state index contributed by atoms with van der Waals surface area (Å²) < 4.78 is 7.31. The molecule has 3 heterocycles. The van der Waals surface area contributed by atoms with E-state index in [1.807, 2.05) is 97.9 Å². The zero-order chi connectivity index (χ0) is 25.4. The Hall–Kier alpha value is -4.75. The molecule has 6 nitrogen and oxygen atoms in total. The fourth-order valence-corrected chi connectivity index (χ4v) is 5.31. The number of anilines is 2. The van der Waals surface area contributed by atoms with E-state index in [9.17, 15) is 4.79 Å². The van der Waals surface area contributed by atoms with Gasteiger partial charge in [0.25, 0.3) is 5.56 Å². The molecule has 0 unspecified atom stereocenters. The minimum atomic E-state index is -0.134. The average molecular weight is 503 g/mol. The van der Waals surface area contributed by atoms with Crippen LogP contribution in [0.25, 0.3) is 38.5 Å². The van der Waals surface area contributed by atoms with Gasteiger partial charge in [-0.25, -0.2) is 9.97 Å². The minimum absolute atomic E-state index is 0.134. The molecule has 37 heavy (non-hydrogen) atoms. The van der Waals surface area contributed by atoms with E-state index in [1.54, 1.807) is 21.9 Å². The number of aryl methyl sites for hydroxylation is 1. The molecule has 0 aliphatic heterocycles. The van der Waals surface area contributed by atoms with E-state index in [0.717, 1.165) is 27.4 Å². The van der Waals surface area contributed by atoms with Gasteiger partial charge in [0.05, 0.1) is 28.5 Å². The van der Waals surface area contributed by atoms with Crippen LogP contribution >= 0.6 is 11.3 Å². The van der Waals surface area contributed by atoms with Crippen molar-refractivity contribution in [2.24, 2.45) is 0 Å². The number of benzene rings is 3. The number of aromatic nitrogens is 3. The highest BCUT2D eigenvalue weighted by molar-refractivity contribution is 7.19. The Labute approximate surface area is 217 Å². The van der Waals surface area contributed by atoms with Crippen LogP contribution in [0.15, 0.2) is 119 Å². The molecular weight excluding hydrogens is 480 g/mol. The molecule has 3 aromatic carbocycles. The maximum absolute atomic E-state index is 13.9. The molecule has 0 N–H and O–H groups in total. The molecule has 7 heteroatoms. The summed E-state index contributed by atoms with van der Waals surface area (Å²) in [5.74, 6) is 1.12. The van der Waals surface area contributed by atoms with Crippen molar-refractivity contribution in [3.63, 3.8) is 0 Å². The molecule has 0 saturated carbocycles. The van der Waals surface area contributed by atoms with Crippen molar-refractivity contribution < 1.29 is 4.42 Å². The van der Waals surface area contributed by atoms with Crippen molar-refractivity contribution in [1.29, 1.82) is 0 Å². The molecule has 0 aliphatic carbocycles. The van der Waals surface area contributed by atoms with Gasteiger partial charge in [0.15, 0.2) is 11.0 Å². The van der Waals surface area contributed by atoms with Crippen molar-refractivity contribution in [2.45, 2.75) is 6.92 Å². The van der Waals surface area contributed by atoms with Gasteiger partial charge in [0.2, 0.25) is 5.88 Å². The average Bonchev–Trinajstić information content (AvgIpc) is 3.62. The summed E-state index contributed by atoms with van der Waals surface area (Å²) in [5, 5.41) is 1.21. The molecule has 0 spiro atoms. The molecular formula is C30H22N4O2S. The number of rotatable bonds is 6. The van der Waals surface area contributed by atoms with E-state index in [-0.39, 0.29) is 5.56 Å². The van der Waals surface area contributed by atoms with Gasteiger partial charge >= 0.3 is 0 Å². The van der Waals surface area contributed by atoms with Crippen LogP contribution in [0, 0.1) is 6.92 Å². The van der Waals surface area contributed by atoms with Gasteiger partial charge in [-0.1, -0.05) is 78.1 Å². The van der Waals surface area contributed by atoms with E-state index in [4.69, 9.17) is 14.4 Å². The van der Waals surface area contributed by atoms with Crippen molar-refractivity contribution >= 4 is 33.3 Å². The van der Waals surface area contributed by atoms with Gasteiger partial charge in [-0.15, -0.1) is 0 Å². The Bertz CT molecular complexity index is 1770. The molecule has 0 bridgehead atoms. The topological polar surface area (TPSA) is 64.2 Å². The summed E-state index contributed by atoms with van der Waals surface area (Å²) in [6, 6.07) is 28.9. The molecule has 6 aromatic rings. The second-order valence-electron chi connectivity index (χ2n) is 8.47. The lowest BCUT2D eigenvalue weighted by Gasteiger charge is -2.14. The lowest BCUT2D eigenvalue weighted by Crippen LogP contribution is -2.21. The zero-order valence-electron chi connectivity index (χ0n) is 20.0. The highest BCUT2D eigenvalue weighted by Gasteiger charge is 2.24. The van der Waals surface area contributed by atoms with Crippen LogP contribution in [-0.2, 0) is 0 Å². The first-order valence-electron chi connectivity index (χ1n) is 11.7. The summed E-state index contributed by atoms with van der Waals surface area (Å²) in [6.45, 7) is 5.99. The lowest BCUT2D eigenvalue weighted by atomic mass is 10.1. The molecule has 0 radical (unpaired) electrons. The van der Waals surface area contributed by atoms with Gasteiger partial charge in [-0.05, 0) is 37.3 Å². The van der Waals surface area contributed by atoms with E-state index in [2.05, 4.69) is 6.58 Å². The first kappa shape index (κ1) is 22.7. The largest absolute Gasteiger partial charge is 0.448 e. The van der Waals surface area contributed by atoms with Crippen LogP contribution in [0.1, 0.15) is 5.56 Å². The smallest absolute Gasteiger partial charge is 0.266 e. The number of fused-ring (bicyclic) bond motifs is 1. The van der Waals surface area contributed by atoms with Crippen LogP contribution in [0.5, 0.6) is 0 Å². The number of furan rings is 1. The third kappa shape index (κ3) is 4.05. The zero-order valence-corrected chi connectivity index (χ0v) is 20.9. The minimum Gasteiger partial charge on any atom is -0.448 e. The number of hydrogen-bond acceptors (Lipinski definition) is 6. The summed E-state index contributed by atoms with van der Waals surface area (Å²) in [4.78, 5) is 26.5. The molecule has 0 amide bonds. The highest BCUT2D eigenvalue weighted by atomic mass is 32.1. The third-order valence-corrected chi connectivity index (χ3v) is 7.12. The Morgan fingerprint density at radius 1 is 0.919 bits per heavy atom. The van der Waals surface area contributed by atoms with Crippen molar-refractivity contribution in [1.82, 2.24) is 14.5 Å². The van der Waals surface area contributed by atoms with E-state index in [1.165, 1.54) is 11.3 Å². The Balaban J connectivity index is 1.68. The number of hydrogen-bond donors (Lipinski definition) is 0. The first-order valence-corrected chi connectivity index (χ1v) is 12.6. The predicted octanol–water partition coefficient (Wildman–Crippen LogP) is 7.36. The van der Waals surface area contributed by atoms with Crippen molar-refractivity contribution in [3.05, 3.63) is 126 Å². The first-order chi connectivity index (χ1) is 18.1. The number of para-hydroxylation sites is 1. The molecule has 0 aliphatic rings. The maximum Gasteiger partial charge on any atom is 0.266 e. The second kappa shape index (κ2) is 9.37. The van der Waals surface area contributed by atoms with Gasteiger partial charge in [0.1, 0.15) is 4.88 Å². The van der Waals surface area contributed by atoms with Crippen LogP contribution < -0.4 is 10.5 Å². The van der Waals surface area contributed by atoms with Crippen LogP contribution in [0.4, 0.5) is 11.0 Å². The highest BCUT2D eigenvalue weighted by Crippen LogP contribution is 2.42. The van der Waals surface area contributed by atoms with Crippen molar-refractivity contribution in [2.75, 3.05) is 4.90 Å². The van der Waals surface area contributed by atoms with E-state index >= 15 is 0 Å². The summed E-state index contributed by atoms with van der Waals surface area (Å²) >= 11 is 1.43. The standard InChI is InChI=1S/C30H22N4O2S/c1-3-33(25-14-9-19-36-25)30-32-26(21-10-5-4-6-11-21)27(37-30)28-31-24-13-8-7-12-23(24)29(35)34(28)22-17-15-20(2)16-18-22/h3-19H,1H2,2H3. The number of thiazole rings is 1. The molecule has 6 rings (SSSR count). The normalized spacial score (nSPS) is 11.1. The fourth-order valence-electron chi connectivity index (χ4n) is 4.24. The van der Waals surface area contributed by atoms with Gasteiger partial charge in [-0.2, -0.15) is 0 Å². The predicted molar refractivity (Wildman–Crippen MR) is 150 cm³/mol. The third-order valence-electron chi connectivity index (χ3n) is 6.07. The van der Waals surface area contributed by atoms with Crippen molar-refractivity contribution in [3.8, 4) is 27.6 Å². The molecule has 3 aromatic heterocycles. The second-order valence-corrected chi connectivity index (χ2v) is 9.45. The quantitative estimate of drug-likeness (QED) is 0.238. The van der Waals surface area contributed by atoms with Crippen LogP contribution in [0.3, 0.4) is 0 Å². The Morgan fingerprint density at radius 3 is 2.41 bits per heavy atom. The van der Waals surface area contributed by atoms with Crippen LogP contribution in [-0.4, -0.2) is 14.5 Å². The fraction of sp³-hybridized carbons (Fsp3) is 0.0333. The van der Waals surface area contributed by atoms with Crippen LogP contribution in [0.2, 0.25) is 0 Å². The molecule has 180 valence electrons. The van der Waals surface area contributed by atoms with E-state index < -0.39 is 0 Å². The number of nitrogens with zero attached hydrogens (tertiary/aromatic N) is 4. The molecule has 0 saturated heterocycles. The van der Waals surface area contributed by atoms with Gasteiger partial charge in [-0.3, -0.25) is 14.3 Å². The summed E-state index contributed by atoms with van der Waals surface area (Å²) in [7, 11) is 0. The summed E-state index contributed by atoms with van der Waals surface area (Å²) in [6.07, 6.45) is 3.27. The molecule has 0 fully saturated rings. The maximum atomic E-state index is 13.9. The Morgan fingerprint density at radius 2 is 1.68 bits per heavy atom. The van der Waals surface area contributed by atoms with Gasteiger partial charge < -0.3 is 4.42 Å². The molecule has 0 atom stereocenters. The summed E-state index contributed by atoms with van der Waals surface area (Å²) in [5.41, 5.74) is 3.99. The Kier molecular flexibility index (Phi) is 5.75. The SMILES string of the molecule is C=CN(c1ccco1)c1nc(-c2ccccc2)c(-c2nc3ccccc3c(=O)n2-c2ccc(C)cc2)s1. The van der Waals surface area contributed by atoms with E-state index in [0.29, 0.717) is 27.7 Å². The lowest BCUT2D eigenvalue weighted by molar-refractivity contribution is 0.573. The van der Waals surface area contributed by atoms with Gasteiger partial charge in [0, 0.05) is 17.8 Å². The monoisotopic (exact) mass is 502 g/mol.